The first kappa shape index (κ1) is 24.4. The van der Waals surface area contributed by atoms with Crippen molar-refractivity contribution < 1.29 is 19.7 Å². The van der Waals surface area contributed by atoms with E-state index >= 15 is 0 Å². The first-order chi connectivity index (χ1) is 14.8. The van der Waals surface area contributed by atoms with Crippen molar-refractivity contribution in [2.45, 2.75) is 76.7 Å². The van der Waals surface area contributed by atoms with Gasteiger partial charge in [-0.1, -0.05) is 73.6 Å². The Balaban J connectivity index is 1.88. The molecule has 0 amide bonds. The van der Waals surface area contributed by atoms with Gasteiger partial charge >= 0.3 is 5.97 Å². The summed E-state index contributed by atoms with van der Waals surface area (Å²) < 4.78 is 0. The van der Waals surface area contributed by atoms with Gasteiger partial charge in [0.2, 0.25) is 0 Å². The molecule has 4 heteroatoms. The van der Waals surface area contributed by atoms with Gasteiger partial charge in [0, 0.05) is 0 Å². The third-order valence-corrected chi connectivity index (χ3v) is 5.81. The molecule has 0 saturated heterocycles. The largest absolute Gasteiger partial charge is 0.481 e. The van der Waals surface area contributed by atoms with Crippen molar-refractivity contribution in [1.29, 1.82) is 0 Å². The predicted octanol–water partition coefficient (Wildman–Crippen LogP) is 6.72. The highest BCUT2D eigenvalue weighted by molar-refractivity contribution is 5.70. The summed E-state index contributed by atoms with van der Waals surface area (Å²) in [7, 11) is 0. The molecule has 166 valence electrons. The second-order valence-electron chi connectivity index (χ2n) is 8.19. The molecule has 3 atom stereocenters. The Morgan fingerprint density at radius 2 is 1.40 bits per heavy atom. The van der Waals surface area contributed by atoms with Crippen LogP contribution >= 0.6 is 0 Å². The first-order valence-electron chi connectivity index (χ1n) is 11.6. The van der Waals surface area contributed by atoms with E-state index in [4.69, 9.17) is 9.78 Å². The van der Waals surface area contributed by atoms with Crippen LogP contribution in [0.4, 0.5) is 0 Å². The van der Waals surface area contributed by atoms with Gasteiger partial charge in [0.1, 0.15) is 6.61 Å². The zero-order chi connectivity index (χ0) is 21.3. The fraction of sp³-hybridized carbons (Fsp3) is 0.577. The van der Waals surface area contributed by atoms with Crippen LogP contribution in [-0.4, -0.2) is 23.8 Å². The maximum Gasteiger partial charge on any atom is 0.306 e. The molecule has 1 saturated carbocycles. The number of fused-ring (bicyclic) bond motifs is 2. The molecule has 30 heavy (non-hydrogen) atoms. The maximum absolute atomic E-state index is 11.6. The zero-order valence-electron chi connectivity index (χ0n) is 18.2. The van der Waals surface area contributed by atoms with Gasteiger partial charge in [-0.2, -0.15) is 0 Å². The highest BCUT2D eigenvalue weighted by Gasteiger charge is 2.35. The van der Waals surface area contributed by atoms with Gasteiger partial charge in [-0.3, -0.25) is 4.79 Å². The Hall–Kier alpha value is -1.91. The van der Waals surface area contributed by atoms with E-state index < -0.39 is 5.97 Å². The summed E-state index contributed by atoms with van der Waals surface area (Å²) in [5.41, 5.74) is 0. The van der Waals surface area contributed by atoms with Crippen LogP contribution in [0.15, 0.2) is 60.8 Å². The summed E-state index contributed by atoms with van der Waals surface area (Å²) >= 11 is 0. The van der Waals surface area contributed by atoms with Crippen molar-refractivity contribution in [3.63, 3.8) is 0 Å². The molecule has 3 unspecified atom stereocenters. The molecule has 1 fully saturated rings. The lowest BCUT2D eigenvalue weighted by Crippen LogP contribution is -2.34. The van der Waals surface area contributed by atoms with Crippen molar-refractivity contribution in [2.24, 2.45) is 11.8 Å². The van der Waals surface area contributed by atoms with Crippen molar-refractivity contribution in [3.05, 3.63) is 60.8 Å². The van der Waals surface area contributed by atoms with Gasteiger partial charge < -0.3 is 5.11 Å². The summed E-state index contributed by atoms with van der Waals surface area (Å²) in [6, 6.07) is 0. The van der Waals surface area contributed by atoms with Crippen molar-refractivity contribution in [3.8, 4) is 0 Å². The van der Waals surface area contributed by atoms with Gasteiger partial charge in [-0.05, 0) is 63.7 Å². The number of hydrogen-bond acceptors (Lipinski definition) is 3. The molecular formula is C26H38O4. The van der Waals surface area contributed by atoms with E-state index in [0.717, 1.165) is 38.5 Å². The number of carboxylic acid groups (broad SMARTS) is 1. The van der Waals surface area contributed by atoms with Crippen LogP contribution in [-0.2, 0) is 14.6 Å². The van der Waals surface area contributed by atoms with Crippen LogP contribution < -0.4 is 0 Å². The highest BCUT2D eigenvalue weighted by atomic mass is 17.2. The molecule has 2 rings (SSSR count). The number of carbonyl (C=O) groups is 1. The highest BCUT2D eigenvalue weighted by Crippen LogP contribution is 2.35. The van der Waals surface area contributed by atoms with Crippen LogP contribution in [0.5, 0.6) is 0 Å². The molecule has 0 aromatic carbocycles. The summed E-state index contributed by atoms with van der Waals surface area (Å²) in [5, 5.41) is 9.55. The van der Waals surface area contributed by atoms with Crippen LogP contribution in [0.3, 0.4) is 0 Å². The van der Waals surface area contributed by atoms with E-state index in [0.29, 0.717) is 13.0 Å². The molecule has 2 aliphatic rings. The lowest BCUT2D eigenvalue weighted by atomic mass is 9.75. The summed E-state index contributed by atoms with van der Waals surface area (Å²) in [5.74, 6) is -0.830. The average Bonchev–Trinajstić information content (AvgIpc) is 2.74. The summed E-state index contributed by atoms with van der Waals surface area (Å²) in [6.07, 6.45) is 31.9. The minimum Gasteiger partial charge on any atom is -0.481 e. The Morgan fingerprint density at radius 3 is 2.13 bits per heavy atom. The van der Waals surface area contributed by atoms with Crippen molar-refractivity contribution >= 4 is 5.97 Å². The van der Waals surface area contributed by atoms with Gasteiger partial charge in [-0.25, -0.2) is 9.78 Å². The Kier molecular flexibility index (Phi) is 12.9. The first-order valence-corrected chi connectivity index (χ1v) is 11.6. The van der Waals surface area contributed by atoms with Crippen molar-refractivity contribution in [2.75, 3.05) is 6.61 Å². The molecule has 0 aromatic rings. The molecule has 0 aromatic heterocycles. The second kappa shape index (κ2) is 15.9. The molecule has 1 N–H and O–H groups in total. The molecule has 2 bridgehead atoms. The van der Waals surface area contributed by atoms with Crippen LogP contribution in [0.1, 0.15) is 70.6 Å². The lowest BCUT2D eigenvalue weighted by Gasteiger charge is -2.32. The van der Waals surface area contributed by atoms with E-state index in [2.05, 4.69) is 30.4 Å². The van der Waals surface area contributed by atoms with E-state index in [1.807, 2.05) is 30.4 Å². The summed E-state index contributed by atoms with van der Waals surface area (Å²) in [4.78, 5) is 22.6. The van der Waals surface area contributed by atoms with E-state index in [-0.39, 0.29) is 17.9 Å². The molecule has 0 radical (unpaired) electrons. The quantitative estimate of drug-likeness (QED) is 0.382. The van der Waals surface area contributed by atoms with Crippen LogP contribution in [0.25, 0.3) is 0 Å². The number of rotatable bonds is 1. The fourth-order valence-corrected chi connectivity index (χ4v) is 4.11. The third-order valence-electron chi connectivity index (χ3n) is 5.81. The third kappa shape index (κ3) is 10.7. The lowest BCUT2D eigenvalue weighted by molar-refractivity contribution is -0.324. The standard InChI is InChI=1S/C26H38O4/c27-26(28)25-20-19-24-22-23(25)18-16-14-12-10-8-6-4-2-1-3-5-7-9-11-13-15-17-21-29-30-24/h1-2,4,6,8,10,12,14-15,17,23-25H,3,5,7,9,11,13,16,18-22H2,(H,27,28)/b2-1-,6-4-,10-8-,14-12-,17-15-. The Bertz CT molecular complexity index is 615. The number of aliphatic carboxylic acids is 1. The molecular weight excluding hydrogens is 376 g/mol. The minimum atomic E-state index is -0.683. The van der Waals surface area contributed by atoms with E-state index in [9.17, 15) is 9.90 Å². The monoisotopic (exact) mass is 414 g/mol. The van der Waals surface area contributed by atoms with Gasteiger partial charge in [0.25, 0.3) is 0 Å². The maximum atomic E-state index is 11.6. The van der Waals surface area contributed by atoms with Gasteiger partial charge in [0.05, 0.1) is 12.0 Å². The molecule has 1 aliphatic heterocycles. The number of hydrogen-bond donors (Lipinski definition) is 1. The second-order valence-corrected chi connectivity index (χ2v) is 8.19. The van der Waals surface area contributed by atoms with E-state index in [1.165, 1.54) is 25.7 Å². The fourth-order valence-electron chi connectivity index (χ4n) is 4.11. The minimum absolute atomic E-state index is 0.00777. The van der Waals surface area contributed by atoms with Crippen LogP contribution in [0.2, 0.25) is 0 Å². The molecule has 1 heterocycles. The predicted molar refractivity (Wildman–Crippen MR) is 122 cm³/mol. The number of carboxylic acids is 1. The Morgan fingerprint density at radius 1 is 0.733 bits per heavy atom. The summed E-state index contributed by atoms with van der Waals surface area (Å²) in [6.45, 7) is 0.455. The SMILES string of the molecule is O=C(O)C1CCC2CC1CC\C=C/C=C\C=C/C=C\CCCCCC/C=C\COO2. The average molecular weight is 415 g/mol. The molecule has 1 aliphatic carbocycles. The number of allylic oxidation sites excluding steroid dienone is 9. The van der Waals surface area contributed by atoms with Crippen molar-refractivity contribution in [1.82, 2.24) is 0 Å². The normalized spacial score (nSPS) is 33.4. The van der Waals surface area contributed by atoms with Gasteiger partial charge in [-0.15, -0.1) is 0 Å². The topological polar surface area (TPSA) is 55.8 Å². The smallest absolute Gasteiger partial charge is 0.306 e. The van der Waals surface area contributed by atoms with Crippen LogP contribution in [0, 0.1) is 11.8 Å². The molecule has 4 nitrogen and oxygen atoms in total. The van der Waals surface area contributed by atoms with Gasteiger partial charge in [0.15, 0.2) is 0 Å². The van der Waals surface area contributed by atoms with E-state index in [1.54, 1.807) is 0 Å². The zero-order valence-corrected chi connectivity index (χ0v) is 18.2. The Labute approximate surface area is 182 Å². The molecule has 0 spiro atoms.